The van der Waals surface area contributed by atoms with E-state index in [-0.39, 0.29) is 17.6 Å². The van der Waals surface area contributed by atoms with E-state index in [0.717, 1.165) is 5.69 Å². The number of carbonyl (C=O) groups excluding carboxylic acids is 1. The second kappa shape index (κ2) is 9.04. The van der Waals surface area contributed by atoms with E-state index in [0.29, 0.717) is 17.9 Å². The molecule has 9 heteroatoms. The van der Waals surface area contributed by atoms with Crippen molar-refractivity contribution in [3.8, 4) is 11.6 Å². The average molecular weight is 391 g/mol. The quantitative estimate of drug-likeness (QED) is 0.628. The molecule has 2 heterocycles. The number of hydrogen-bond donors (Lipinski definition) is 1. The third kappa shape index (κ3) is 5.71. The SMILES string of the molecule is O=C(Nc1cccc(OCC(F)F)n1)c1ccc(OCc2cscn2)cc1. The molecule has 0 bridgehead atoms. The van der Waals surface area contributed by atoms with Gasteiger partial charge in [0.05, 0.1) is 11.2 Å². The number of ether oxygens (including phenoxy) is 2. The summed E-state index contributed by atoms with van der Waals surface area (Å²) in [6.45, 7) is -0.406. The molecule has 0 unspecified atom stereocenters. The van der Waals surface area contributed by atoms with Crippen LogP contribution in [0.15, 0.2) is 53.4 Å². The van der Waals surface area contributed by atoms with Crippen LogP contribution < -0.4 is 14.8 Å². The zero-order chi connectivity index (χ0) is 19.1. The number of thiazole rings is 1. The Labute approximate surface area is 157 Å². The van der Waals surface area contributed by atoms with Gasteiger partial charge in [-0.1, -0.05) is 6.07 Å². The second-order valence-corrected chi connectivity index (χ2v) is 6.03. The Morgan fingerprint density at radius 3 is 2.67 bits per heavy atom. The molecule has 6 nitrogen and oxygen atoms in total. The molecule has 0 spiro atoms. The third-order valence-corrected chi connectivity index (χ3v) is 3.94. The number of anilines is 1. The van der Waals surface area contributed by atoms with Gasteiger partial charge in [-0.05, 0) is 30.3 Å². The maximum absolute atomic E-state index is 12.3. The Kier molecular flexibility index (Phi) is 6.26. The summed E-state index contributed by atoms with van der Waals surface area (Å²) in [6, 6.07) is 11.1. The molecule has 0 aliphatic rings. The van der Waals surface area contributed by atoms with Crippen molar-refractivity contribution in [2.45, 2.75) is 13.0 Å². The molecule has 140 valence electrons. The fourth-order valence-corrected chi connectivity index (χ4v) is 2.61. The van der Waals surface area contributed by atoms with Gasteiger partial charge in [-0.3, -0.25) is 4.79 Å². The summed E-state index contributed by atoms with van der Waals surface area (Å²) in [5.74, 6) is 0.439. The van der Waals surface area contributed by atoms with Crippen molar-refractivity contribution in [3.05, 3.63) is 64.6 Å². The summed E-state index contributed by atoms with van der Waals surface area (Å²) in [7, 11) is 0. The van der Waals surface area contributed by atoms with E-state index < -0.39 is 13.0 Å². The average Bonchev–Trinajstić information content (AvgIpc) is 3.19. The van der Waals surface area contributed by atoms with E-state index >= 15 is 0 Å². The van der Waals surface area contributed by atoms with Crippen molar-refractivity contribution in [1.29, 1.82) is 0 Å². The van der Waals surface area contributed by atoms with E-state index in [2.05, 4.69) is 15.3 Å². The molecule has 3 aromatic rings. The molecule has 1 N–H and O–H groups in total. The van der Waals surface area contributed by atoms with Crippen LogP contribution in [-0.4, -0.2) is 28.9 Å². The Bertz CT molecular complexity index is 874. The van der Waals surface area contributed by atoms with Gasteiger partial charge in [0, 0.05) is 17.0 Å². The molecule has 0 atom stereocenters. The highest BCUT2D eigenvalue weighted by Crippen LogP contribution is 2.17. The highest BCUT2D eigenvalue weighted by atomic mass is 32.1. The second-order valence-electron chi connectivity index (χ2n) is 5.31. The maximum Gasteiger partial charge on any atom is 0.272 e. The first kappa shape index (κ1) is 18.7. The minimum Gasteiger partial charge on any atom is -0.487 e. The molecule has 0 aliphatic heterocycles. The van der Waals surface area contributed by atoms with Crippen LogP contribution in [0.5, 0.6) is 11.6 Å². The normalized spacial score (nSPS) is 10.6. The van der Waals surface area contributed by atoms with E-state index in [9.17, 15) is 13.6 Å². The standard InChI is InChI=1S/C18H15F2N3O3S/c19-15(20)9-26-17-3-1-2-16(22-17)23-18(24)12-4-6-14(7-5-12)25-8-13-10-27-11-21-13/h1-7,10-11,15H,8-9H2,(H,22,23,24). The zero-order valence-electron chi connectivity index (χ0n) is 14.0. The van der Waals surface area contributed by atoms with Crippen molar-refractivity contribution >= 4 is 23.1 Å². The molecule has 0 fully saturated rings. The molecule has 3 rings (SSSR count). The summed E-state index contributed by atoms with van der Waals surface area (Å²) < 4.78 is 34.8. The first-order valence-electron chi connectivity index (χ1n) is 7.89. The van der Waals surface area contributed by atoms with Crippen molar-refractivity contribution in [2.24, 2.45) is 0 Å². The number of pyridine rings is 1. The molecule has 0 radical (unpaired) electrons. The van der Waals surface area contributed by atoms with Crippen LogP contribution in [0.1, 0.15) is 16.1 Å². The van der Waals surface area contributed by atoms with E-state index in [1.54, 1.807) is 41.9 Å². The number of aromatic nitrogens is 2. The first-order chi connectivity index (χ1) is 13.1. The van der Waals surface area contributed by atoms with Gasteiger partial charge in [-0.2, -0.15) is 4.98 Å². The van der Waals surface area contributed by atoms with Gasteiger partial charge in [-0.25, -0.2) is 13.8 Å². The molecule has 1 amide bonds. The van der Waals surface area contributed by atoms with Gasteiger partial charge in [0.15, 0.2) is 6.61 Å². The first-order valence-corrected chi connectivity index (χ1v) is 8.84. The van der Waals surface area contributed by atoms with Crippen molar-refractivity contribution in [2.75, 3.05) is 11.9 Å². The minimum absolute atomic E-state index is 0.0129. The lowest BCUT2D eigenvalue weighted by molar-refractivity contribution is 0.0796. The number of hydrogen-bond acceptors (Lipinski definition) is 6. The monoisotopic (exact) mass is 391 g/mol. The van der Waals surface area contributed by atoms with Gasteiger partial charge in [0.25, 0.3) is 12.3 Å². The predicted molar refractivity (Wildman–Crippen MR) is 96.6 cm³/mol. The number of benzene rings is 1. The fourth-order valence-electron chi connectivity index (χ4n) is 2.07. The van der Waals surface area contributed by atoms with E-state index in [4.69, 9.17) is 9.47 Å². The highest BCUT2D eigenvalue weighted by Gasteiger charge is 2.09. The highest BCUT2D eigenvalue weighted by molar-refractivity contribution is 7.07. The largest absolute Gasteiger partial charge is 0.487 e. The summed E-state index contributed by atoms with van der Waals surface area (Å²) in [4.78, 5) is 20.4. The van der Waals surface area contributed by atoms with Gasteiger partial charge in [0.2, 0.25) is 5.88 Å². The summed E-state index contributed by atoms with van der Waals surface area (Å²) in [5, 5.41) is 4.49. The summed E-state index contributed by atoms with van der Waals surface area (Å²) >= 11 is 1.49. The van der Waals surface area contributed by atoms with Crippen molar-refractivity contribution in [3.63, 3.8) is 0 Å². The summed E-state index contributed by atoms with van der Waals surface area (Å²) in [5.41, 5.74) is 2.96. The van der Waals surface area contributed by atoms with Crippen LogP contribution in [0.2, 0.25) is 0 Å². The van der Waals surface area contributed by atoms with Gasteiger partial charge < -0.3 is 14.8 Å². The van der Waals surface area contributed by atoms with Crippen LogP contribution in [0.4, 0.5) is 14.6 Å². The van der Waals surface area contributed by atoms with Crippen LogP contribution in [0.3, 0.4) is 0 Å². The molecule has 0 saturated heterocycles. The van der Waals surface area contributed by atoms with Crippen LogP contribution in [0.25, 0.3) is 0 Å². The molecular formula is C18H15F2N3O3S. The number of rotatable bonds is 8. The third-order valence-electron chi connectivity index (χ3n) is 3.31. The number of nitrogens with zero attached hydrogens (tertiary/aromatic N) is 2. The molecular weight excluding hydrogens is 376 g/mol. The zero-order valence-corrected chi connectivity index (χ0v) is 14.8. The Morgan fingerprint density at radius 1 is 1.15 bits per heavy atom. The molecule has 0 saturated carbocycles. The summed E-state index contributed by atoms with van der Waals surface area (Å²) in [6.07, 6.45) is -2.60. The van der Waals surface area contributed by atoms with Gasteiger partial charge >= 0.3 is 0 Å². The van der Waals surface area contributed by atoms with Gasteiger partial charge in [-0.15, -0.1) is 11.3 Å². The number of halogens is 2. The smallest absolute Gasteiger partial charge is 0.272 e. The number of nitrogens with one attached hydrogen (secondary N) is 1. The van der Waals surface area contributed by atoms with Crippen LogP contribution in [-0.2, 0) is 6.61 Å². The van der Waals surface area contributed by atoms with Gasteiger partial charge in [0.1, 0.15) is 18.2 Å². The van der Waals surface area contributed by atoms with Crippen LogP contribution >= 0.6 is 11.3 Å². The predicted octanol–water partition coefficient (Wildman–Crippen LogP) is 4.01. The van der Waals surface area contributed by atoms with Crippen molar-refractivity contribution in [1.82, 2.24) is 9.97 Å². The molecule has 2 aromatic heterocycles. The Balaban J connectivity index is 1.56. The van der Waals surface area contributed by atoms with E-state index in [1.807, 2.05) is 5.38 Å². The van der Waals surface area contributed by atoms with Crippen LogP contribution in [0, 0.1) is 0 Å². The lowest BCUT2D eigenvalue weighted by Gasteiger charge is -2.08. The molecule has 0 aliphatic carbocycles. The topological polar surface area (TPSA) is 73.3 Å². The number of alkyl halides is 2. The lowest BCUT2D eigenvalue weighted by Crippen LogP contribution is -2.14. The Morgan fingerprint density at radius 2 is 1.96 bits per heavy atom. The number of amides is 1. The molecule has 27 heavy (non-hydrogen) atoms. The fraction of sp³-hybridized carbons (Fsp3) is 0.167. The maximum atomic E-state index is 12.3. The van der Waals surface area contributed by atoms with Crippen molar-refractivity contribution < 1.29 is 23.0 Å². The van der Waals surface area contributed by atoms with E-state index in [1.165, 1.54) is 17.4 Å². The Hall–Kier alpha value is -3.07. The number of carbonyl (C=O) groups is 1. The molecule has 1 aromatic carbocycles. The minimum atomic E-state index is -2.60. The lowest BCUT2D eigenvalue weighted by atomic mass is 10.2.